The summed E-state index contributed by atoms with van der Waals surface area (Å²) in [5.41, 5.74) is 1.93. The van der Waals surface area contributed by atoms with E-state index in [0.717, 1.165) is 29.3 Å². The van der Waals surface area contributed by atoms with Crippen molar-refractivity contribution in [3.8, 4) is 11.6 Å². The summed E-state index contributed by atoms with van der Waals surface area (Å²) in [6.07, 6.45) is 5.68. The lowest BCUT2D eigenvalue weighted by Gasteiger charge is -2.09. The van der Waals surface area contributed by atoms with Gasteiger partial charge in [-0.25, -0.2) is 14.6 Å². The summed E-state index contributed by atoms with van der Waals surface area (Å²) in [6, 6.07) is 9.72. The van der Waals surface area contributed by atoms with Crippen molar-refractivity contribution in [3.05, 3.63) is 60.0 Å². The van der Waals surface area contributed by atoms with E-state index in [-0.39, 0.29) is 0 Å². The molecular formula is C20H23N5O2. The smallest absolute Gasteiger partial charge is 0.217 e. The summed E-state index contributed by atoms with van der Waals surface area (Å²) in [5.74, 6) is 2.84. The van der Waals surface area contributed by atoms with Crippen molar-refractivity contribution in [2.45, 2.75) is 45.8 Å². The number of aliphatic hydroxyl groups excluding tert-OH is 1. The number of rotatable bonds is 7. The van der Waals surface area contributed by atoms with Crippen LogP contribution in [0.15, 0.2) is 47.1 Å². The fourth-order valence-corrected chi connectivity index (χ4v) is 3.04. The molecule has 4 aromatic heterocycles. The van der Waals surface area contributed by atoms with E-state index in [0.29, 0.717) is 31.0 Å². The summed E-state index contributed by atoms with van der Waals surface area (Å²) in [4.78, 5) is 9.30. The van der Waals surface area contributed by atoms with Crippen LogP contribution in [0.1, 0.15) is 30.6 Å². The van der Waals surface area contributed by atoms with E-state index in [4.69, 9.17) is 4.42 Å². The van der Waals surface area contributed by atoms with Gasteiger partial charge >= 0.3 is 0 Å². The lowest BCUT2D eigenvalue weighted by atomic mass is 10.2. The molecule has 0 radical (unpaired) electrons. The number of hydrogen-bond donors (Lipinski definition) is 1. The van der Waals surface area contributed by atoms with Gasteiger partial charge in [0.25, 0.3) is 0 Å². The van der Waals surface area contributed by atoms with Crippen molar-refractivity contribution < 1.29 is 9.52 Å². The Bertz CT molecular complexity index is 1010. The molecule has 0 saturated heterocycles. The van der Waals surface area contributed by atoms with Gasteiger partial charge in [-0.15, -0.1) is 5.10 Å². The molecule has 4 aromatic rings. The highest BCUT2D eigenvalue weighted by molar-refractivity contribution is 5.46. The van der Waals surface area contributed by atoms with Gasteiger partial charge in [-0.1, -0.05) is 13.0 Å². The van der Waals surface area contributed by atoms with Crippen LogP contribution in [0.2, 0.25) is 0 Å². The van der Waals surface area contributed by atoms with Crippen molar-refractivity contribution >= 4 is 5.65 Å². The van der Waals surface area contributed by atoms with Gasteiger partial charge in [-0.3, -0.25) is 0 Å². The highest BCUT2D eigenvalue weighted by atomic mass is 16.3. The number of imidazole rings is 1. The molecule has 0 aliphatic heterocycles. The van der Waals surface area contributed by atoms with E-state index in [2.05, 4.69) is 15.1 Å². The van der Waals surface area contributed by atoms with Crippen molar-refractivity contribution in [1.29, 1.82) is 0 Å². The molecule has 27 heavy (non-hydrogen) atoms. The topological polar surface area (TPSA) is 81.4 Å². The molecule has 7 nitrogen and oxygen atoms in total. The lowest BCUT2D eigenvalue weighted by Crippen LogP contribution is -2.18. The molecule has 0 aliphatic rings. The van der Waals surface area contributed by atoms with Crippen LogP contribution in [0.5, 0.6) is 0 Å². The number of hydrogen-bond acceptors (Lipinski definition) is 5. The minimum atomic E-state index is -0.452. The Morgan fingerprint density at radius 1 is 1.15 bits per heavy atom. The molecule has 140 valence electrons. The van der Waals surface area contributed by atoms with Crippen molar-refractivity contribution in [3.63, 3.8) is 0 Å². The first kappa shape index (κ1) is 17.5. The maximum absolute atomic E-state index is 10.1. The second-order valence-electron chi connectivity index (χ2n) is 6.70. The Hall–Kier alpha value is -2.93. The molecular weight excluding hydrogens is 342 g/mol. The molecule has 0 aliphatic carbocycles. The van der Waals surface area contributed by atoms with Crippen LogP contribution in [-0.4, -0.2) is 35.4 Å². The third-order valence-electron chi connectivity index (χ3n) is 4.58. The Kier molecular flexibility index (Phi) is 4.77. The Morgan fingerprint density at radius 2 is 2.04 bits per heavy atom. The SMILES string of the molecule is CC[C@H](O)Cn1nc(-c2ccc(C)o2)nc1CCc1cn2ccccc2n1. The van der Waals surface area contributed by atoms with Gasteiger partial charge < -0.3 is 13.9 Å². The van der Waals surface area contributed by atoms with Crippen LogP contribution < -0.4 is 0 Å². The monoisotopic (exact) mass is 365 g/mol. The summed E-state index contributed by atoms with van der Waals surface area (Å²) in [7, 11) is 0. The number of nitrogens with zero attached hydrogens (tertiary/aromatic N) is 5. The molecule has 1 atom stereocenters. The second kappa shape index (κ2) is 7.36. The van der Waals surface area contributed by atoms with Crippen molar-refractivity contribution in [1.82, 2.24) is 24.1 Å². The van der Waals surface area contributed by atoms with Gasteiger partial charge in [0.2, 0.25) is 5.82 Å². The van der Waals surface area contributed by atoms with Crippen LogP contribution in [0.25, 0.3) is 17.2 Å². The van der Waals surface area contributed by atoms with E-state index in [1.807, 2.05) is 61.0 Å². The molecule has 0 bridgehead atoms. The third-order valence-corrected chi connectivity index (χ3v) is 4.58. The number of fused-ring (bicyclic) bond motifs is 1. The van der Waals surface area contributed by atoms with Crippen LogP contribution in [-0.2, 0) is 19.4 Å². The first-order valence-corrected chi connectivity index (χ1v) is 9.23. The molecule has 7 heteroatoms. The fourth-order valence-electron chi connectivity index (χ4n) is 3.04. The van der Waals surface area contributed by atoms with Crippen molar-refractivity contribution in [2.24, 2.45) is 0 Å². The Balaban J connectivity index is 1.58. The summed E-state index contributed by atoms with van der Waals surface area (Å²) in [6.45, 7) is 4.27. The van der Waals surface area contributed by atoms with Crippen LogP contribution in [0, 0.1) is 6.92 Å². The van der Waals surface area contributed by atoms with E-state index < -0.39 is 6.10 Å². The third kappa shape index (κ3) is 3.78. The standard InChI is InChI=1S/C20H23N5O2/c1-3-16(26)13-25-19(22-20(23-25)17-9-7-14(2)27-17)10-8-15-12-24-11-5-4-6-18(24)21-15/h4-7,9,11-12,16,26H,3,8,10,13H2,1-2H3/t16-/m0/s1. The van der Waals surface area contributed by atoms with Gasteiger partial charge in [-0.05, 0) is 44.0 Å². The van der Waals surface area contributed by atoms with E-state index in [9.17, 15) is 5.11 Å². The largest absolute Gasteiger partial charge is 0.458 e. The van der Waals surface area contributed by atoms with Gasteiger partial charge in [0.05, 0.1) is 18.3 Å². The van der Waals surface area contributed by atoms with Crippen molar-refractivity contribution in [2.75, 3.05) is 0 Å². The molecule has 4 heterocycles. The highest BCUT2D eigenvalue weighted by Crippen LogP contribution is 2.20. The first-order chi connectivity index (χ1) is 13.1. The lowest BCUT2D eigenvalue weighted by molar-refractivity contribution is 0.144. The van der Waals surface area contributed by atoms with Gasteiger partial charge in [0.1, 0.15) is 17.2 Å². The molecule has 0 aromatic carbocycles. The first-order valence-electron chi connectivity index (χ1n) is 9.23. The predicted molar refractivity (Wildman–Crippen MR) is 101 cm³/mol. The molecule has 1 N–H and O–H groups in total. The van der Waals surface area contributed by atoms with Crippen LogP contribution in [0.3, 0.4) is 0 Å². The average Bonchev–Trinajstić information content (AvgIpc) is 3.37. The zero-order valence-corrected chi connectivity index (χ0v) is 15.5. The molecule has 0 amide bonds. The second-order valence-corrected chi connectivity index (χ2v) is 6.70. The van der Waals surface area contributed by atoms with Crippen LogP contribution >= 0.6 is 0 Å². The molecule has 0 unspecified atom stereocenters. The number of pyridine rings is 1. The van der Waals surface area contributed by atoms with Gasteiger partial charge in [-0.2, -0.15) is 0 Å². The minimum Gasteiger partial charge on any atom is -0.458 e. The minimum absolute atomic E-state index is 0.420. The highest BCUT2D eigenvalue weighted by Gasteiger charge is 2.16. The van der Waals surface area contributed by atoms with E-state index in [1.165, 1.54) is 0 Å². The zero-order valence-electron chi connectivity index (χ0n) is 15.5. The fraction of sp³-hybridized carbons (Fsp3) is 0.350. The van der Waals surface area contributed by atoms with Gasteiger partial charge in [0, 0.05) is 18.8 Å². The maximum Gasteiger partial charge on any atom is 0.217 e. The Labute approximate surface area is 157 Å². The van der Waals surface area contributed by atoms with E-state index >= 15 is 0 Å². The number of aliphatic hydroxyl groups is 1. The summed E-state index contributed by atoms with van der Waals surface area (Å²) >= 11 is 0. The van der Waals surface area contributed by atoms with E-state index in [1.54, 1.807) is 4.68 Å². The average molecular weight is 365 g/mol. The Morgan fingerprint density at radius 3 is 2.78 bits per heavy atom. The normalized spacial score (nSPS) is 12.7. The molecule has 0 spiro atoms. The van der Waals surface area contributed by atoms with Gasteiger partial charge in [0.15, 0.2) is 5.76 Å². The number of furan rings is 1. The number of aryl methyl sites for hydroxylation is 3. The summed E-state index contributed by atoms with van der Waals surface area (Å²) in [5, 5.41) is 14.6. The van der Waals surface area contributed by atoms with Crippen LogP contribution in [0.4, 0.5) is 0 Å². The zero-order chi connectivity index (χ0) is 18.8. The summed E-state index contributed by atoms with van der Waals surface area (Å²) < 4.78 is 9.46. The molecule has 0 saturated carbocycles. The molecule has 0 fully saturated rings. The maximum atomic E-state index is 10.1. The molecule has 4 rings (SSSR count). The quantitative estimate of drug-likeness (QED) is 0.544. The predicted octanol–water partition coefficient (Wildman–Crippen LogP) is 3.05. The number of aromatic nitrogens is 5.